The zero-order valence-corrected chi connectivity index (χ0v) is 11.8. The molecule has 0 amide bonds. The number of rotatable bonds is 5. The van der Waals surface area contributed by atoms with Gasteiger partial charge in [0.05, 0.1) is 0 Å². The fourth-order valence-electron chi connectivity index (χ4n) is 1.79. The molecule has 0 bridgehead atoms. The Morgan fingerprint density at radius 2 is 2.28 bits per heavy atom. The molecule has 5 nitrogen and oxygen atoms in total. The van der Waals surface area contributed by atoms with Crippen molar-refractivity contribution in [3.05, 3.63) is 40.6 Å². The van der Waals surface area contributed by atoms with Gasteiger partial charge in [0.15, 0.2) is 0 Å². The van der Waals surface area contributed by atoms with Crippen LogP contribution in [0.4, 0.5) is 0 Å². The third-order valence-corrected chi connectivity index (χ3v) is 3.12. The lowest BCUT2D eigenvalue weighted by molar-refractivity contribution is 0.547. The Morgan fingerprint density at radius 1 is 1.44 bits per heavy atom. The molecule has 2 aromatic heterocycles. The predicted molar refractivity (Wildman–Crippen MR) is 72.9 cm³/mol. The van der Waals surface area contributed by atoms with E-state index in [-0.39, 0.29) is 6.04 Å². The van der Waals surface area contributed by atoms with E-state index in [2.05, 4.69) is 37.9 Å². The molecule has 1 atom stereocenters. The van der Waals surface area contributed by atoms with Crippen LogP contribution in [-0.2, 0) is 13.0 Å². The Balaban J connectivity index is 2.11. The molecular weight excluding hydrogens is 294 g/mol. The van der Waals surface area contributed by atoms with Crippen LogP contribution < -0.4 is 5.73 Å². The Hall–Kier alpha value is -1.27. The average Bonchev–Trinajstić information content (AvgIpc) is 2.77. The molecule has 6 heteroatoms. The normalized spacial score (nSPS) is 12.6. The van der Waals surface area contributed by atoms with Crippen LogP contribution in [0.1, 0.15) is 30.8 Å². The highest BCUT2D eigenvalue weighted by Gasteiger charge is 2.12. The van der Waals surface area contributed by atoms with Crippen molar-refractivity contribution in [2.24, 2.45) is 5.73 Å². The summed E-state index contributed by atoms with van der Waals surface area (Å²) in [7, 11) is 0. The average molecular weight is 310 g/mol. The van der Waals surface area contributed by atoms with E-state index in [1.165, 1.54) is 0 Å². The molecule has 2 rings (SSSR count). The highest BCUT2D eigenvalue weighted by molar-refractivity contribution is 9.10. The van der Waals surface area contributed by atoms with Crippen LogP contribution in [0.3, 0.4) is 0 Å². The maximum atomic E-state index is 6.18. The zero-order valence-electron chi connectivity index (χ0n) is 10.3. The molecule has 0 aliphatic heterocycles. The minimum Gasteiger partial charge on any atom is -0.324 e. The zero-order chi connectivity index (χ0) is 13.0. The minimum atomic E-state index is -0.116. The van der Waals surface area contributed by atoms with E-state index in [9.17, 15) is 0 Å². The number of halogens is 1. The lowest BCUT2D eigenvalue weighted by atomic mass is 10.1. The second-order valence-electron chi connectivity index (χ2n) is 4.15. The molecule has 0 aliphatic rings. The fraction of sp³-hybridized carbons (Fsp3) is 0.417. The van der Waals surface area contributed by atoms with Gasteiger partial charge in [-0.1, -0.05) is 6.92 Å². The number of nitrogens with zero attached hydrogens (tertiary/aromatic N) is 4. The van der Waals surface area contributed by atoms with Crippen LogP contribution in [0.2, 0.25) is 0 Å². The molecule has 0 saturated carbocycles. The van der Waals surface area contributed by atoms with Crippen molar-refractivity contribution < 1.29 is 0 Å². The molecular formula is C12H16BrN5. The fourth-order valence-corrected chi connectivity index (χ4v) is 2.17. The molecule has 0 saturated heterocycles. The first-order valence-electron chi connectivity index (χ1n) is 5.93. The lowest BCUT2D eigenvalue weighted by Gasteiger charge is -2.12. The molecule has 0 aromatic carbocycles. The van der Waals surface area contributed by atoms with Gasteiger partial charge in [-0.2, -0.15) is 5.10 Å². The highest BCUT2D eigenvalue weighted by atomic mass is 79.9. The molecule has 2 N–H and O–H groups in total. The van der Waals surface area contributed by atoms with Crippen molar-refractivity contribution in [1.29, 1.82) is 0 Å². The molecule has 96 valence electrons. The number of hydrogen-bond acceptors (Lipinski definition) is 4. The van der Waals surface area contributed by atoms with Crippen LogP contribution in [0.15, 0.2) is 29.3 Å². The Labute approximate surface area is 115 Å². The van der Waals surface area contributed by atoms with Gasteiger partial charge in [-0.05, 0) is 34.0 Å². The van der Waals surface area contributed by atoms with E-state index in [0.717, 1.165) is 28.8 Å². The van der Waals surface area contributed by atoms with E-state index in [0.29, 0.717) is 6.42 Å². The third-order valence-electron chi connectivity index (χ3n) is 2.69. The Bertz CT molecular complexity index is 511. The summed E-state index contributed by atoms with van der Waals surface area (Å²) in [6.07, 6.45) is 6.81. The van der Waals surface area contributed by atoms with Gasteiger partial charge in [0.2, 0.25) is 0 Å². The minimum absolute atomic E-state index is 0.116. The van der Waals surface area contributed by atoms with E-state index in [4.69, 9.17) is 5.73 Å². The van der Waals surface area contributed by atoms with Crippen molar-refractivity contribution in [2.75, 3.05) is 0 Å². The highest BCUT2D eigenvalue weighted by Crippen LogP contribution is 2.17. The van der Waals surface area contributed by atoms with Crippen molar-refractivity contribution in [3.8, 4) is 0 Å². The Kier molecular flexibility index (Phi) is 4.43. The van der Waals surface area contributed by atoms with Gasteiger partial charge >= 0.3 is 0 Å². The first kappa shape index (κ1) is 13.2. The van der Waals surface area contributed by atoms with Crippen LogP contribution >= 0.6 is 15.9 Å². The smallest absolute Gasteiger partial charge is 0.138 e. The van der Waals surface area contributed by atoms with Crippen molar-refractivity contribution in [3.63, 3.8) is 0 Å². The second kappa shape index (κ2) is 6.06. The standard InChI is InChI=1S/C12H16BrN5/c1-2-3-18-12(16-8-17-18)5-11(14)9-4-10(13)7-15-6-9/h4,6-8,11H,2-3,5,14H2,1H3. The summed E-state index contributed by atoms with van der Waals surface area (Å²) in [6.45, 7) is 2.99. The van der Waals surface area contributed by atoms with Gasteiger partial charge in [-0.15, -0.1) is 0 Å². The first-order valence-corrected chi connectivity index (χ1v) is 6.72. The summed E-state index contributed by atoms with van der Waals surface area (Å²) in [5, 5.41) is 4.20. The number of aromatic nitrogens is 4. The van der Waals surface area contributed by atoms with Gasteiger partial charge in [0, 0.05) is 35.9 Å². The van der Waals surface area contributed by atoms with Crippen molar-refractivity contribution in [1.82, 2.24) is 19.7 Å². The summed E-state index contributed by atoms with van der Waals surface area (Å²) in [6, 6.07) is 1.87. The molecule has 1 unspecified atom stereocenters. The van der Waals surface area contributed by atoms with E-state index >= 15 is 0 Å². The largest absolute Gasteiger partial charge is 0.324 e. The van der Waals surface area contributed by atoms with E-state index in [1.54, 1.807) is 18.7 Å². The predicted octanol–water partition coefficient (Wildman–Crippen LogP) is 2.09. The summed E-state index contributed by atoms with van der Waals surface area (Å²) in [5.74, 6) is 0.921. The van der Waals surface area contributed by atoms with Gasteiger partial charge in [0.1, 0.15) is 12.2 Å². The maximum absolute atomic E-state index is 6.18. The summed E-state index contributed by atoms with van der Waals surface area (Å²) in [5.41, 5.74) is 7.17. The monoisotopic (exact) mass is 309 g/mol. The molecule has 18 heavy (non-hydrogen) atoms. The molecule has 0 fully saturated rings. The second-order valence-corrected chi connectivity index (χ2v) is 5.06. The number of hydrogen-bond donors (Lipinski definition) is 1. The van der Waals surface area contributed by atoms with Crippen molar-refractivity contribution in [2.45, 2.75) is 32.4 Å². The van der Waals surface area contributed by atoms with Crippen LogP contribution in [-0.4, -0.2) is 19.7 Å². The summed E-state index contributed by atoms with van der Waals surface area (Å²) < 4.78 is 2.84. The van der Waals surface area contributed by atoms with Crippen molar-refractivity contribution >= 4 is 15.9 Å². The quantitative estimate of drug-likeness (QED) is 0.918. The topological polar surface area (TPSA) is 69.6 Å². The number of pyridine rings is 1. The van der Waals surface area contributed by atoms with Crippen LogP contribution in [0.5, 0.6) is 0 Å². The maximum Gasteiger partial charge on any atom is 0.138 e. The lowest BCUT2D eigenvalue weighted by Crippen LogP contribution is -2.17. The molecule has 2 aromatic rings. The number of aryl methyl sites for hydroxylation is 1. The first-order chi connectivity index (χ1) is 8.70. The van der Waals surface area contributed by atoms with E-state index < -0.39 is 0 Å². The summed E-state index contributed by atoms with van der Waals surface area (Å²) >= 11 is 3.40. The van der Waals surface area contributed by atoms with Crippen LogP contribution in [0, 0.1) is 0 Å². The van der Waals surface area contributed by atoms with Gasteiger partial charge in [0.25, 0.3) is 0 Å². The SMILES string of the molecule is CCCn1ncnc1CC(N)c1cncc(Br)c1. The Morgan fingerprint density at radius 3 is 3.00 bits per heavy atom. The van der Waals surface area contributed by atoms with Crippen LogP contribution in [0.25, 0.3) is 0 Å². The molecule has 2 heterocycles. The summed E-state index contributed by atoms with van der Waals surface area (Å²) in [4.78, 5) is 8.39. The van der Waals surface area contributed by atoms with Gasteiger partial charge in [-0.25, -0.2) is 4.98 Å². The van der Waals surface area contributed by atoms with Gasteiger partial charge in [-0.3, -0.25) is 9.67 Å². The molecule has 0 aliphatic carbocycles. The van der Waals surface area contributed by atoms with E-state index in [1.807, 2.05) is 10.7 Å². The molecule has 0 spiro atoms. The third kappa shape index (κ3) is 3.14. The molecule has 0 radical (unpaired) electrons. The number of nitrogens with two attached hydrogens (primary N) is 1. The van der Waals surface area contributed by atoms with Gasteiger partial charge < -0.3 is 5.73 Å².